The summed E-state index contributed by atoms with van der Waals surface area (Å²) >= 11 is 0. The molecule has 1 amide bonds. The summed E-state index contributed by atoms with van der Waals surface area (Å²) in [6, 6.07) is 13.3. The van der Waals surface area contributed by atoms with Crippen molar-refractivity contribution in [2.75, 3.05) is 18.4 Å². The van der Waals surface area contributed by atoms with Crippen LogP contribution in [0.5, 0.6) is 0 Å². The number of nitrogens with one attached hydrogen (secondary N) is 2. The van der Waals surface area contributed by atoms with Gasteiger partial charge in [-0.25, -0.2) is 8.42 Å². The average molecular weight is 399 g/mol. The number of hydrogen-bond donors (Lipinski definition) is 2. The third-order valence-electron chi connectivity index (χ3n) is 5.37. The van der Waals surface area contributed by atoms with E-state index in [1.807, 2.05) is 18.2 Å². The Kier molecular flexibility index (Phi) is 4.47. The number of benzene rings is 2. The molecule has 2 heterocycles. The molecule has 8 heteroatoms. The zero-order valence-corrected chi connectivity index (χ0v) is 16.3. The summed E-state index contributed by atoms with van der Waals surface area (Å²) in [6.07, 6.45) is 0.912. The van der Waals surface area contributed by atoms with Crippen LogP contribution in [0.25, 0.3) is 0 Å². The number of para-hydroxylation sites is 1. The molecule has 0 aliphatic carbocycles. The number of amides is 1. The summed E-state index contributed by atoms with van der Waals surface area (Å²) < 4.78 is 27.3. The maximum atomic E-state index is 12.9. The molecule has 2 aliphatic rings. The maximum Gasteiger partial charge on any atom is 0.255 e. The lowest BCUT2D eigenvalue weighted by molar-refractivity contribution is 0.0864. The molecule has 28 heavy (non-hydrogen) atoms. The summed E-state index contributed by atoms with van der Waals surface area (Å²) in [5, 5.41) is 6.39. The monoisotopic (exact) mass is 399 g/mol. The van der Waals surface area contributed by atoms with E-state index in [4.69, 9.17) is 0 Å². The molecule has 1 saturated heterocycles. The number of ketones is 1. The molecule has 1 spiro atoms. The molecule has 4 rings (SSSR count). The van der Waals surface area contributed by atoms with Crippen molar-refractivity contribution in [1.82, 2.24) is 9.62 Å². The van der Waals surface area contributed by atoms with Crippen molar-refractivity contribution >= 4 is 27.4 Å². The zero-order chi connectivity index (χ0) is 19.9. The van der Waals surface area contributed by atoms with Gasteiger partial charge in [-0.2, -0.15) is 4.31 Å². The second-order valence-corrected chi connectivity index (χ2v) is 9.13. The van der Waals surface area contributed by atoms with E-state index in [2.05, 4.69) is 10.6 Å². The molecule has 0 atom stereocenters. The average Bonchev–Trinajstić information content (AvgIpc) is 2.68. The summed E-state index contributed by atoms with van der Waals surface area (Å²) in [6.45, 7) is 2.01. The molecule has 2 aromatic carbocycles. The second-order valence-electron chi connectivity index (χ2n) is 7.19. The Morgan fingerprint density at radius 2 is 1.64 bits per heavy atom. The van der Waals surface area contributed by atoms with Crippen LogP contribution in [-0.4, -0.2) is 43.2 Å². The van der Waals surface area contributed by atoms with Gasteiger partial charge in [-0.15, -0.1) is 0 Å². The minimum absolute atomic E-state index is 0.108. The number of sulfonamides is 1. The Hall–Kier alpha value is -2.71. The Balaban J connectivity index is 1.51. The summed E-state index contributed by atoms with van der Waals surface area (Å²) in [5.74, 6) is -0.256. The first kappa shape index (κ1) is 18.6. The quantitative estimate of drug-likeness (QED) is 0.772. The summed E-state index contributed by atoms with van der Waals surface area (Å²) in [7, 11) is -3.65. The molecular weight excluding hydrogens is 378 g/mol. The van der Waals surface area contributed by atoms with Crippen LogP contribution in [-0.2, 0) is 10.0 Å². The minimum atomic E-state index is -3.65. The van der Waals surface area contributed by atoms with Gasteiger partial charge in [-0.05, 0) is 31.2 Å². The van der Waals surface area contributed by atoms with Gasteiger partial charge in [0.2, 0.25) is 10.0 Å². The standard InChI is InChI=1S/C20H21N3O4S/c1-14(24)15-6-8-16(9-7-15)28(26,27)23-12-10-20(11-13-23)21-18-5-3-2-4-17(18)19(25)22-20/h2-9,21H,10-13H2,1H3,(H,22,25). The highest BCUT2D eigenvalue weighted by Gasteiger charge is 2.42. The van der Waals surface area contributed by atoms with Crippen molar-refractivity contribution in [3.63, 3.8) is 0 Å². The number of fused-ring (bicyclic) bond motifs is 1. The van der Waals surface area contributed by atoms with E-state index in [0.717, 1.165) is 5.69 Å². The van der Waals surface area contributed by atoms with Crippen LogP contribution in [0.2, 0.25) is 0 Å². The number of Topliss-reactive ketones (excluding diaryl/α,β-unsaturated/α-hetero) is 1. The topological polar surface area (TPSA) is 95.6 Å². The molecule has 2 aromatic rings. The van der Waals surface area contributed by atoms with Crippen molar-refractivity contribution < 1.29 is 18.0 Å². The van der Waals surface area contributed by atoms with E-state index in [9.17, 15) is 18.0 Å². The Bertz CT molecular complexity index is 1040. The number of piperidine rings is 1. The van der Waals surface area contributed by atoms with Gasteiger partial charge < -0.3 is 10.6 Å². The van der Waals surface area contributed by atoms with Gasteiger partial charge in [-0.1, -0.05) is 24.3 Å². The SMILES string of the molecule is CC(=O)c1ccc(S(=O)(=O)N2CCC3(CC2)NC(=O)c2ccccc2N3)cc1. The van der Waals surface area contributed by atoms with E-state index in [0.29, 0.717) is 24.0 Å². The van der Waals surface area contributed by atoms with Crippen LogP contribution < -0.4 is 10.6 Å². The maximum absolute atomic E-state index is 12.9. The van der Waals surface area contributed by atoms with Gasteiger partial charge >= 0.3 is 0 Å². The van der Waals surface area contributed by atoms with Crippen LogP contribution in [0.15, 0.2) is 53.4 Å². The Morgan fingerprint density at radius 1 is 1.00 bits per heavy atom. The molecule has 146 valence electrons. The highest BCUT2D eigenvalue weighted by atomic mass is 32.2. The molecule has 0 saturated carbocycles. The summed E-state index contributed by atoms with van der Waals surface area (Å²) in [4.78, 5) is 24.0. The number of anilines is 1. The van der Waals surface area contributed by atoms with Gasteiger partial charge in [0.15, 0.2) is 5.78 Å². The molecule has 0 radical (unpaired) electrons. The van der Waals surface area contributed by atoms with Gasteiger partial charge in [0, 0.05) is 37.2 Å². The number of nitrogens with zero attached hydrogens (tertiary/aromatic N) is 1. The van der Waals surface area contributed by atoms with Crippen molar-refractivity contribution in [1.29, 1.82) is 0 Å². The number of rotatable bonds is 3. The van der Waals surface area contributed by atoms with E-state index in [1.54, 1.807) is 6.07 Å². The molecule has 0 bridgehead atoms. The molecule has 2 N–H and O–H groups in total. The Labute approximate surface area is 163 Å². The Morgan fingerprint density at radius 3 is 2.29 bits per heavy atom. The highest BCUT2D eigenvalue weighted by Crippen LogP contribution is 2.32. The molecule has 2 aliphatic heterocycles. The minimum Gasteiger partial charge on any atom is -0.362 e. The number of carbonyl (C=O) groups is 2. The number of hydrogen-bond acceptors (Lipinski definition) is 5. The first-order valence-corrected chi connectivity index (χ1v) is 10.6. The number of carbonyl (C=O) groups excluding carboxylic acids is 2. The summed E-state index contributed by atoms with van der Waals surface area (Å²) in [5.41, 5.74) is 1.19. The van der Waals surface area contributed by atoms with E-state index < -0.39 is 15.7 Å². The van der Waals surface area contributed by atoms with Crippen LogP contribution in [0, 0.1) is 0 Å². The second kappa shape index (κ2) is 6.72. The van der Waals surface area contributed by atoms with Crippen LogP contribution in [0.1, 0.15) is 40.5 Å². The van der Waals surface area contributed by atoms with E-state index in [1.165, 1.54) is 35.5 Å². The zero-order valence-electron chi connectivity index (χ0n) is 15.4. The highest BCUT2D eigenvalue weighted by molar-refractivity contribution is 7.89. The fourth-order valence-corrected chi connectivity index (χ4v) is 5.17. The fraction of sp³-hybridized carbons (Fsp3) is 0.300. The van der Waals surface area contributed by atoms with E-state index in [-0.39, 0.29) is 29.7 Å². The molecule has 1 fully saturated rings. The van der Waals surface area contributed by atoms with Crippen molar-refractivity contribution in [3.05, 3.63) is 59.7 Å². The first-order valence-electron chi connectivity index (χ1n) is 9.12. The molecule has 0 aromatic heterocycles. The lowest BCUT2D eigenvalue weighted by Crippen LogP contribution is -2.62. The van der Waals surface area contributed by atoms with Gasteiger partial charge in [-0.3, -0.25) is 9.59 Å². The van der Waals surface area contributed by atoms with Gasteiger partial charge in [0.1, 0.15) is 5.66 Å². The smallest absolute Gasteiger partial charge is 0.255 e. The van der Waals surface area contributed by atoms with Gasteiger partial charge in [0.25, 0.3) is 5.91 Å². The van der Waals surface area contributed by atoms with Crippen molar-refractivity contribution in [2.24, 2.45) is 0 Å². The molecule has 7 nitrogen and oxygen atoms in total. The lowest BCUT2D eigenvalue weighted by atomic mass is 9.93. The fourth-order valence-electron chi connectivity index (χ4n) is 3.73. The normalized spacial score (nSPS) is 18.8. The third kappa shape index (κ3) is 3.18. The third-order valence-corrected chi connectivity index (χ3v) is 7.29. The van der Waals surface area contributed by atoms with Crippen molar-refractivity contribution in [2.45, 2.75) is 30.3 Å². The van der Waals surface area contributed by atoms with Crippen LogP contribution in [0.3, 0.4) is 0 Å². The largest absolute Gasteiger partial charge is 0.362 e. The van der Waals surface area contributed by atoms with E-state index >= 15 is 0 Å². The van der Waals surface area contributed by atoms with Crippen molar-refractivity contribution in [3.8, 4) is 0 Å². The molecular formula is C20H21N3O4S. The lowest BCUT2D eigenvalue weighted by Gasteiger charge is -2.45. The van der Waals surface area contributed by atoms with Crippen LogP contribution >= 0.6 is 0 Å². The van der Waals surface area contributed by atoms with Crippen LogP contribution in [0.4, 0.5) is 5.69 Å². The predicted molar refractivity (Wildman–Crippen MR) is 105 cm³/mol. The molecule has 0 unspecified atom stereocenters. The predicted octanol–water partition coefficient (Wildman–Crippen LogP) is 2.23. The first-order chi connectivity index (χ1) is 13.3. The van der Waals surface area contributed by atoms with Gasteiger partial charge in [0.05, 0.1) is 10.5 Å².